The van der Waals surface area contributed by atoms with Crippen molar-refractivity contribution in [1.29, 1.82) is 0 Å². The van der Waals surface area contributed by atoms with E-state index in [0.29, 0.717) is 29.9 Å². The summed E-state index contributed by atoms with van der Waals surface area (Å²) in [7, 11) is 3.27. The van der Waals surface area contributed by atoms with Gasteiger partial charge in [0.2, 0.25) is 5.88 Å². The highest BCUT2D eigenvalue weighted by molar-refractivity contribution is 5.97. The minimum absolute atomic E-state index is 0.0316. The molecule has 29 heavy (non-hydrogen) atoms. The Morgan fingerprint density at radius 1 is 1.07 bits per heavy atom. The number of rotatable bonds is 4. The zero-order chi connectivity index (χ0) is 20.0. The van der Waals surface area contributed by atoms with E-state index in [9.17, 15) is 4.79 Å². The summed E-state index contributed by atoms with van der Waals surface area (Å²) in [6.07, 6.45) is 4.00. The van der Waals surface area contributed by atoms with E-state index in [1.807, 2.05) is 18.2 Å². The third kappa shape index (κ3) is 2.97. The van der Waals surface area contributed by atoms with Gasteiger partial charge < -0.3 is 14.4 Å². The van der Waals surface area contributed by atoms with Crippen LogP contribution in [0, 0.1) is 5.92 Å². The zero-order valence-electron chi connectivity index (χ0n) is 17.0. The van der Waals surface area contributed by atoms with Crippen LogP contribution in [0.15, 0.2) is 42.6 Å². The molecule has 1 aromatic heterocycles. The number of aromatic nitrogens is 1. The number of carbonyl (C=O) groups excluding carboxylic acids is 1. The van der Waals surface area contributed by atoms with E-state index in [0.717, 1.165) is 18.8 Å². The van der Waals surface area contributed by atoms with Gasteiger partial charge in [-0.2, -0.15) is 0 Å². The van der Waals surface area contributed by atoms with Gasteiger partial charge in [0.1, 0.15) is 11.3 Å². The summed E-state index contributed by atoms with van der Waals surface area (Å²) >= 11 is 0. The quantitative estimate of drug-likeness (QED) is 0.800. The second-order valence-electron chi connectivity index (χ2n) is 8.26. The number of amides is 1. The van der Waals surface area contributed by atoms with E-state index in [-0.39, 0.29) is 17.9 Å². The van der Waals surface area contributed by atoms with Gasteiger partial charge in [-0.1, -0.05) is 12.1 Å². The summed E-state index contributed by atoms with van der Waals surface area (Å²) in [4.78, 5) is 22.6. The van der Waals surface area contributed by atoms with Crippen LogP contribution < -0.4 is 9.47 Å². The van der Waals surface area contributed by atoms with Crippen LogP contribution in [0.1, 0.15) is 34.7 Å². The first kappa shape index (κ1) is 18.4. The van der Waals surface area contributed by atoms with E-state index in [2.05, 4.69) is 26.9 Å². The molecule has 6 rings (SSSR count). The molecule has 0 spiro atoms. The minimum Gasteiger partial charge on any atom is -0.497 e. The van der Waals surface area contributed by atoms with Crippen molar-refractivity contribution in [1.82, 2.24) is 14.8 Å². The van der Waals surface area contributed by atoms with Gasteiger partial charge in [0, 0.05) is 24.7 Å². The van der Waals surface area contributed by atoms with Crippen LogP contribution in [0.2, 0.25) is 0 Å². The van der Waals surface area contributed by atoms with Crippen molar-refractivity contribution in [3.8, 4) is 11.6 Å². The molecule has 0 unspecified atom stereocenters. The molecule has 4 fully saturated rings. The highest BCUT2D eigenvalue weighted by atomic mass is 16.5. The lowest BCUT2D eigenvalue weighted by atomic mass is 9.75. The molecule has 4 aliphatic heterocycles. The number of likely N-dealkylation sites (tertiary alicyclic amines) is 1. The van der Waals surface area contributed by atoms with E-state index in [1.54, 1.807) is 26.5 Å². The van der Waals surface area contributed by atoms with Gasteiger partial charge in [-0.25, -0.2) is 4.98 Å². The molecule has 2 bridgehead atoms. The third-order valence-corrected chi connectivity index (χ3v) is 6.97. The van der Waals surface area contributed by atoms with Crippen molar-refractivity contribution in [2.24, 2.45) is 5.92 Å². The van der Waals surface area contributed by atoms with Crippen LogP contribution in [-0.2, 0) is 0 Å². The summed E-state index contributed by atoms with van der Waals surface area (Å²) in [5, 5.41) is 0. The topological polar surface area (TPSA) is 54.9 Å². The average molecular weight is 393 g/mol. The predicted octanol–water partition coefficient (Wildman–Crippen LogP) is 2.80. The Hall–Kier alpha value is -2.60. The highest BCUT2D eigenvalue weighted by Gasteiger charge is 2.54. The predicted molar refractivity (Wildman–Crippen MR) is 109 cm³/mol. The molecule has 6 heteroatoms. The zero-order valence-corrected chi connectivity index (χ0v) is 17.0. The Labute approximate surface area is 171 Å². The van der Waals surface area contributed by atoms with Crippen LogP contribution in [-0.4, -0.2) is 66.6 Å². The Balaban J connectivity index is 1.53. The smallest absolute Gasteiger partial charge is 0.259 e. The van der Waals surface area contributed by atoms with Crippen LogP contribution >= 0.6 is 0 Å². The Kier molecular flexibility index (Phi) is 4.66. The van der Waals surface area contributed by atoms with E-state index in [1.165, 1.54) is 18.4 Å². The van der Waals surface area contributed by atoms with Gasteiger partial charge in [0.25, 0.3) is 5.91 Å². The first-order chi connectivity index (χ1) is 14.2. The molecule has 0 N–H and O–H groups in total. The number of ether oxygens (including phenoxy) is 2. The fourth-order valence-electron chi connectivity index (χ4n) is 5.69. The van der Waals surface area contributed by atoms with Gasteiger partial charge >= 0.3 is 0 Å². The second kappa shape index (κ2) is 7.34. The normalized spacial score (nSPS) is 30.1. The minimum atomic E-state index is 0.0316. The number of fused-ring (bicyclic) bond motifs is 2. The molecule has 0 aliphatic carbocycles. The van der Waals surface area contributed by atoms with Crippen molar-refractivity contribution < 1.29 is 14.3 Å². The summed E-state index contributed by atoms with van der Waals surface area (Å²) in [6, 6.07) is 12.6. The average Bonchev–Trinajstić information content (AvgIpc) is 3.22. The maximum Gasteiger partial charge on any atom is 0.259 e. The van der Waals surface area contributed by atoms with Crippen LogP contribution in [0.5, 0.6) is 11.6 Å². The molecule has 6 nitrogen and oxygen atoms in total. The largest absolute Gasteiger partial charge is 0.497 e. The first-order valence-corrected chi connectivity index (χ1v) is 10.4. The lowest BCUT2D eigenvalue weighted by molar-refractivity contribution is -0.00351. The number of pyridine rings is 1. The van der Waals surface area contributed by atoms with Crippen molar-refractivity contribution in [3.63, 3.8) is 0 Å². The fraction of sp³-hybridized carbons (Fsp3) is 0.478. The van der Waals surface area contributed by atoms with Crippen molar-refractivity contribution in [2.75, 3.05) is 33.9 Å². The van der Waals surface area contributed by atoms with E-state index < -0.39 is 0 Å². The molecular formula is C23H27N3O3. The maximum absolute atomic E-state index is 13.6. The van der Waals surface area contributed by atoms with Gasteiger partial charge in [-0.15, -0.1) is 0 Å². The van der Waals surface area contributed by atoms with Crippen molar-refractivity contribution >= 4 is 5.91 Å². The van der Waals surface area contributed by atoms with E-state index >= 15 is 0 Å². The molecule has 4 aliphatic rings. The van der Waals surface area contributed by atoms with Gasteiger partial charge in [0.05, 0.1) is 20.3 Å². The molecule has 5 heterocycles. The number of hydrogen-bond acceptors (Lipinski definition) is 5. The summed E-state index contributed by atoms with van der Waals surface area (Å²) in [6.45, 7) is 2.97. The number of nitrogens with zero attached hydrogens (tertiary/aromatic N) is 3. The molecule has 3 atom stereocenters. The van der Waals surface area contributed by atoms with Crippen LogP contribution in [0.4, 0.5) is 0 Å². The molecular weight excluding hydrogens is 366 g/mol. The van der Waals surface area contributed by atoms with E-state index in [4.69, 9.17) is 9.47 Å². The maximum atomic E-state index is 13.6. The molecule has 152 valence electrons. The Morgan fingerprint density at radius 2 is 1.90 bits per heavy atom. The Bertz CT molecular complexity index is 910. The molecule has 0 radical (unpaired) electrons. The molecule has 2 aromatic rings. The number of carbonyl (C=O) groups is 1. The third-order valence-electron chi connectivity index (χ3n) is 6.97. The lowest BCUT2D eigenvalue weighted by Crippen LogP contribution is -2.60. The SMILES string of the molecule is COc1cccc([C@H]2CN(C(=O)c3cccnc3OC)[C@@H]3C4CCN(CC4)[C@H]23)c1. The number of hydrogen-bond donors (Lipinski definition) is 0. The molecule has 0 saturated carbocycles. The van der Waals surface area contributed by atoms with Crippen LogP contribution in [0.25, 0.3) is 0 Å². The van der Waals surface area contributed by atoms with Crippen LogP contribution in [0.3, 0.4) is 0 Å². The fourth-order valence-corrected chi connectivity index (χ4v) is 5.69. The molecule has 1 aromatic carbocycles. The summed E-state index contributed by atoms with van der Waals surface area (Å²) in [5.41, 5.74) is 1.80. The number of methoxy groups -OCH3 is 2. The van der Waals surface area contributed by atoms with Gasteiger partial charge in [-0.05, 0) is 61.7 Å². The Morgan fingerprint density at radius 3 is 2.66 bits per heavy atom. The van der Waals surface area contributed by atoms with Crippen molar-refractivity contribution in [2.45, 2.75) is 30.8 Å². The second-order valence-corrected chi connectivity index (χ2v) is 8.26. The summed E-state index contributed by atoms with van der Waals surface area (Å²) in [5.74, 6) is 2.15. The summed E-state index contributed by atoms with van der Waals surface area (Å²) < 4.78 is 10.8. The highest BCUT2D eigenvalue weighted by Crippen LogP contribution is 2.47. The lowest BCUT2D eigenvalue weighted by Gasteiger charge is -2.51. The first-order valence-electron chi connectivity index (χ1n) is 10.4. The number of benzene rings is 1. The number of piperidine rings is 3. The molecule has 1 amide bonds. The van der Waals surface area contributed by atoms with Gasteiger partial charge in [0.15, 0.2) is 0 Å². The monoisotopic (exact) mass is 393 g/mol. The van der Waals surface area contributed by atoms with Gasteiger partial charge in [-0.3, -0.25) is 9.69 Å². The molecule has 4 saturated heterocycles. The van der Waals surface area contributed by atoms with Crippen molar-refractivity contribution in [3.05, 3.63) is 53.7 Å². The standard InChI is InChI=1S/C23H27N3O3/c1-28-17-6-3-5-16(13-17)19-14-26(20-15-8-11-25(12-9-15)21(19)20)23(27)18-7-4-10-24-22(18)29-2/h3-7,10,13,15,19-21H,8-9,11-12,14H2,1-2H3/t19-,20-,21-/m1/s1.